The second-order valence-corrected chi connectivity index (χ2v) is 7.31. The van der Waals surface area contributed by atoms with Crippen LogP contribution in [0.15, 0.2) is 41.2 Å². The summed E-state index contributed by atoms with van der Waals surface area (Å²) in [6.45, 7) is 1.71. The molecule has 2 amide bonds. The van der Waals surface area contributed by atoms with Crippen molar-refractivity contribution in [2.24, 2.45) is 14.1 Å². The van der Waals surface area contributed by atoms with E-state index in [0.29, 0.717) is 11.2 Å². The van der Waals surface area contributed by atoms with Gasteiger partial charge in [-0.15, -0.1) is 0 Å². The second-order valence-electron chi connectivity index (χ2n) is 7.31. The molecule has 1 aromatic heterocycles. The van der Waals surface area contributed by atoms with Crippen molar-refractivity contribution >= 4 is 39.8 Å². The molecule has 0 aliphatic carbocycles. The predicted molar refractivity (Wildman–Crippen MR) is 115 cm³/mol. The fraction of sp³-hybridized carbons (Fsp3) is 0.300. The molecule has 3 aromatic rings. The molecule has 2 aromatic carbocycles. The third-order valence-electron chi connectivity index (χ3n) is 5.43. The molecule has 1 aliphatic rings. The van der Waals surface area contributed by atoms with Crippen LogP contribution in [0.4, 0.5) is 27.5 Å². The van der Waals surface area contributed by atoms with Crippen molar-refractivity contribution in [2.45, 2.75) is 12.8 Å². The molecular formula is C20H22N6O4. The number of anilines is 3. The molecule has 30 heavy (non-hydrogen) atoms. The highest BCUT2D eigenvalue weighted by Crippen LogP contribution is 2.33. The molecule has 156 valence electrons. The lowest BCUT2D eigenvalue weighted by Gasteiger charge is -2.22. The smallest absolute Gasteiger partial charge is 0.328 e. The van der Waals surface area contributed by atoms with Gasteiger partial charge in [0.1, 0.15) is 5.69 Å². The third kappa shape index (κ3) is 3.36. The normalized spacial score (nSPS) is 13.6. The third-order valence-corrected chi connectivity index (χ3v) is 5.43. The zero-order valence-corrected chi connectivity index (χ0v) is 16.7. The first-order chi connectivity index (χ1) is 14.4. The van der Waals surface area contributed by atoms with Gasteiger partial charge in [0.05, 0.1) is 27.3 Å². The summed E-state index contributed by atoms with van der Waals surface area (Å²) in [4.78, 5) is 37.8. The second kappa shape index (κ2) is 7.54. The van der Waals surface area contributed by atoms with Crippen LogP contribution in [0, 0.1) is 10.1 Å². The topological polar surface area (TPSA) is 114 Å². The van der Waals surface area contributed by atoms with Crippen molar-refractivity contribution in [1.82, 2.24) is 9.13 Å². The molecule has 0 saturated carbocycles. The summed E-state index contributed by atoms with van der Waals surface area (Å²) < 4.78 is 3.10. The lowest BCUT2D eigenvalue weighted by Crippen LogP contribution is -2.24. The fourth-order valence-electron chi connectivity index (χ4n) is 3.87. The Labute approximate surface area is 171 Å². The first kappa shape index (κ1) is 19.5. The number of carbonyl (C=O) groups excluding carboxylic acids is 1. The molecule has 0 unspecified atom stereocenters. The number of urea groups is 1. The monoisotopic (exact) mass is 410 g/mol. The number of benzene rings is 2. The van der Waals surface area contributed by atoms with E-state index in [9.17, 15) is 19.7 Å². The van der Waals surface area contributed by atoms with Crippen LogP contribution in [-0.4, -0.2) is 33.2 Å². The van der Waals surface area contributed by atoms with Gasteiger partial charge < -0.3 is 15.5 Å². The minimum atomic E-state index is -0.593. The minimum Gasteiger partial charge on any atom is -0.370 e. The largest absolute Gasteiger partial charge is 0.370 e. The lowest BCUT2D eigenvalue weighted by molar-refractivity contribution is -0.383. The molecule has 10 nitrogen and oxygen atoms in total. The van der Waals surface area contributed by atoms with E-state index in [4.69, 9.17) is 0 Å². The molecule has 10 heteroatoms. The lowest BCUT2D eigenvalue weighted by atomic mass is 10.2. The number of amides is 2. The molecule has 1 saturated heterocycles. The average Bonchev–Trinajstić information content (AvgIpc) is 3.32. The van der Waals surface area contributed by atoms with Crippen molar-refractivity contribution in [3.05, 3.63) is 57.0 Å². The number of nitro groups is 1. The van der Waals surface area contributed by atoms with Gasteiger partial charge in [0.2, 0.25) is 0 Å². The first-order valence-corrected chi connectivity index (χ1v) is 9.62. The first-order valence-electron chi connectivity index (χ1n) is 9.62. The number of aryl methyl sites for hydroxylation is 2. The Morgan fingerprint density at radius 2 is 1.60 bits per heavy atom. The molecule has 0 bridgehead atoms. The van der Waals surface area contributed by atoms with E-state index in [1.54, 1.807) is 30.8 Å². The molecule has 1 fully saturated rings. The van der Waals surface area contributed by atoms with Crippen LogP contribution < -0.4 is 21.2 Å². The van der Waals surface area contributed by atoms with E-state index in [-0.39, 0.29) is 17.1 Å². The number of fused-ring (bicyclic) bond motifs is 1. The molecule has 4 rings (SSSR count). The quantitative estimate of drug-likeness (QED) is 0.507. The maximum atomic E-state index is 12.7. The standard InChI is InChI=1S/C20H22N6O4/c1-23-17-11-14(22-19(27)21-13-7-3-4-8-15(13)26(29)30)16(25-9-5-6-10-25)12-18(17)24(2)20(23)28/h3-4,7-8,11-12H,5-6,9-10H2,1-2H3,(H2,21,22,27). The molecule has 2 N–H and O–H groups in total. The Bertz CT molecular complexity index is 1210. The molecule has 2 heterocycles. The molecule has 1 aliphatic heterocycles. The maximum absolute atomic E-state index is 12.7. The Morgan fingerprint density at radius 3 is 2.27 bits per heavy atom. The van der Waals surface area contributed by atoms with Gasteiger partial charge in [-0.25, -0.2) is 9.59 Å². The van der Waals surface area contributed by atoms with Crippen LogP contribution >= 0.6 is 0 Å². The van der Waals surface area contributed by atoms with Gasteiger partial charge in [-0.1, -0.05) is 12.1 Å². The van der Waals surface area contributed by atoms with Crippen molar-refractivity contribution in [3.63, 3.8) is 0 Å². The Morgan fingerprint density at radius 1 is 1.00 bits per heavy atom. The van der Waals surface area contributed by atoms with Gasteiger partial charge in [-0.2, -0.15) is 0 Å². The average molecular weight is 410 g/mol. The van der Waals surface area contributed by atoms with Crippen LogP contribution in [0.1, 0.15) is 12.8 Å². The van der Waals surface area contributed by atoms with Crippen molar-refractivity contribution in [3.8, 4) is 0 Å². The molecule has 0 atom stereocenters. The van der Waals surface area contributed by atoms with Crippen LogP contribution in [-0.2, 0) is 14.1 Å². The number of nitro benzene ring substituents is 1. The number of para-hydroxylation sites is 2. The molecular weight excluding hydrogens is 388 g/mol. The van der Waals surface area contributed by atoms with Gasteiger partial charge in [0.15, 0.2) is 0 Å². The summed E-state index contributed by atoms with van der Waals surface area (Å²) in [5, 5.41) is 16.6. The predicted octanol–water partition coefficient (Wildman–Crippen LogP) is 3.03. The number of hydrogen-bond donors (Lipinski definition) is 2. The highest BCUT2D eigenvalue weighted by Gasteiger charge is 2.21. The number of nitrogens with zero attached hydrogens (tertiary/aromatic N) is 4. The summed E-state index contributed by atoms with van der Waals surface area (Å²) in [5.74, 6) is 0. The number of rotatable bonds is 4. The zero-order chi connectivity index (χ0) is 21.4. The number of aromatic nitrogens is 2. The zero-order valence-electron chi connectivity index (χ0n) is 16.7. The van der Waals surface area contributed by atoms with E-state index in [2.05, 4.69) is 15.5 Å². The highest BCUT2D eigenvalue weighted by molar-refractivity contribution is 6.04. The number of carbonyl (C=O) groups is 1. The number of hydrogen-bond acceptors (Lipinski definition) is 5. The van der Waals surface area contributed by atoms with E-state index in [1.807, 2.05) is 6.07 Å². The van der Waals surface area contributed by atoms with E-state index in [1.165, 1.54) is 22.8 Å². The maximum Gasteiger partial charge on any atom is 0.328 e. The van der Waals surface area contributed by atoms with Crippen LogP contribution in [0.2, 0.25) is 0 Å². The van der Waals surface area contributed by atoms with Crippen LogP contribution in [0.25, 0.3) is 11.0 Å². The SMILES string of the molecule is Cn1c(=O)n(C)c2cc(N3CCCC3)c(NC(=O)Nc3ccccc3[N+](=O)[O-])cc21. The van der Waals surface area contributed by atoms with E-state index in [0.717, 1.165) is 37.1 Å². The van der Waals surface area contributed by atoms with Crippen molar-refractivity contribution < 1.29 is 9.72 Å². The summed E-state index contributed by atoms with van der Waals surface area (Å²) in [5.41, 5.74) is 2.59. The summed E-state index contributed by atoms with van der Waals surface area (Å²) >= 11 is 0. The van der Waals surface area contributed by atoms with Crippen molar-refractivity contribution in [2.75, 3.05) is 28.6 Å². The highest BCUT2D eigenvalue weighted by atomic mass is 16.6. The Balaban J connectivity index is 1.71. The van der Waals surface area contributed by atoms with Gasteiger partial charge in [0, 0.05) is 33.3 Å². The Kier molecular flexibility index (Phi) is 4.90. The van der Waals surface area contributed by atoms with Crippen molar-refractivity contribution in [1.29, 1.82) is 0 Å². The summed E-state index contributed by atoms with van der Waals surface area (Å²) in [6, 6.07) is 9.04. The van der Waals surface area contributed by atoms with Gasteiger partial charge in [-0.05, 0) is 31.0 Å². The van der Waals surface area contributed by atoms with Crippen LogP contribution in [0.5, 0.6) is 0 Å². The van der Waals surface area contributed by atoms with Gasteiger partial charge in [-0.3, -0.25) is 19.2 Å². The minimum absolute atomic E-state index is 0.107. The molecule has 0 spiro atoms. The van der Waals surface area contributed by atoms with Gasteiger partial charge >= 0.3 is 11.7 Å². The summed E-state index contributed by atoms with van der Waals surface area (Å²) in [7, 11) is 3.39. The Hall–Kier alpha value is -3.82. The van der Waals surface area contributed by atoms with E-state index >= 15 is 0 Å². The van der Waals surface area contributed by atoms with Gasteiger partial charge in [0.25, 0.3) is 5.69 Å². The number of nitrogens with one attached hydrogen (secondary N) is 2. The number of imidazole rings is 1. The fourth-order valence-corrected chi connectivity index (χ4v) is 3.87. The molecule has 0 radical (unpaired) electrons. The van der Waals surface area contributed by atoms with E-state index < -0.39 is 11.0 Å². The summed E-state index contributed by atoms with van der Waals surface area (Å²) in [6.07, 6.45) is 2.10. The van der Waals surface area contributed by atoms with Crippen LogP contribution in [0.3, 0.4) is 0 Å².